The zero-order chi connectivity index (χ0) is 24.0. The van der Waals surface area contributed by atoms with Crippen LogP contribution in [0.15, 0.2) is 39.5 Å². The van der Waals surface area contributed by atoms with Crippen molar-refractivity contribution in [3.05, 3.63) is 40.6 Å². The van der Waals surface area contributed by atoms with Gasteiger partial charge in [-0.25, -0.2) is 0 Å². The predicted molar refractivity (Wildman–Crippen MR) is 109 cm³/mol. The van der Waals surface area contributed by atoms with Gasteiger partial charge in [-0.15, -0.1) is 0 Å². The molecule has 1 aliphatic rings. The Morgan fingerprint density at radius 2 is 1.61 bits per heavy atom. The molecule has 12 heteroatoms. The van der Waals surface area contributed by atoms with E-state index < -0.39 is 77.1 Å². The van der Waals surface area contributed by atoms with Crippen LogP contribution in [0.25, 0.3) is 22.3 Å². The van der Waals surface area contributed by atoms with Crippen LogP contribution in [0.3, 0.4) is 0 Å². The number of rotatable bonds is 4. The minimum absolute atomic E-state index is 0.123. The van der Waals surface area contributed by atoms with E-state index in [9.17, 15) is 45.6 Å². The molecule has 1 aliphatic heterocycles. The summed E-state index contributed by atoms with van der Waals surface area (Å²) in [4.78, 5) is 12.6. The van der Waals surface area contributed by atoms with Gasteiger partial charge in [0.15, 0.2) is 28.3 Å². The van der Waals surface area contributed by atoms with Gasteiger partial charge < -0.3 is 54.7 Å². The molecule has 0 radical (unpaired) electrons. The van der Waals surface area contributed by atoms with Crippen LogP contribution in [0, 0.1) is 0 Å². The molecular weight excluding hydrogens is 444 g/mol. The van der Waals surface area contributed by atoms with E-state index in [0.717, 1.165) is 24.3 Å². The number of phenolic OH excluding ortho intramolecular Hbond substituents is 4. The highest BCUT2D eigenvalue weighted by Crippen LogP contribution is 2.42. The van der Waals surface area contributed by atoms with Gasteiger partial charge >= 0.3 is 0 Å². The molecule has 0 spiro atoms. The summed E-state index contributed by atoms with van der Waals surface area (Å²) in [5, 5.41) is 79.0. The van der Waals surface area contributed by atoms with Gasteiger partial charge in [0.2, 0.25) is 12.0 Å². The first-order valence-electron chi connectivity index (χ1n) is 9.64. The Morgan fingerprint density at radius 1 is 0.879 bits per heavy atom. The number of phenols is 4. The second kappa shape index (κ2) is 8.42. The summed E-state index contributed by atoms with van der Waals surface area (Å²) in [5.41, 5.74) is -1.07. The molecule has 1 fully saturated rings. The quantitative estimate of drug-likeness (QED) is 0.181. The van der Waals surface area contributed by atoms with Gasteiger partial charge in [-0.05, 0) is 18.2 Å². The largest absolute Gasteiger partial charge is 0.507 e. The normalized spacial score (nSPS) is 25.3. The van der Waals surface area contributed by atoms with E-state index in [1.807, 2.05) is 0 Å². The standard InChI is InChI=1S/C21H20O12/c22-6-14-16(27)18(29)19(30)21(33-14)32-13-5-11(26)15-10(25)4-12(31-20(15)17(13)28)7-1-2-8(23)9(24)3-7/h1-5,14,16,18-19,21-24,26-30H,6H2/t14?,16-,18+,19?,21-/m1/s1. The predicted octanol–water partition coefficient (Wildman–Crippen LogP) is -0.539. The van der Waals surface area contributed by atoms with Crippen molar-refractivity contribution in [1.29, 1.82) is 0 Å². The molecule has 0 amide bonds. The zero-order valence-electron chi connectivity index (χ0n) is 16.7. The van der Waals surface area contributed by atoms with Crippen LogP contribution in [-0.4, -0.2) is 78.2 Å². The SMILES string of the molecule is O=c1cc(-c2ccc(O)c(O)c2)oc2c(O)c(O[C@@H]3OC(CO)[C@@H](O)[C@H](O)C3O)cc(O)c12. The van der Waals surface area contributed by atoms with E-state index in [-0.39, 0.29) is 16.7 Å². The molecule has 5 atom stereocenters. The maximum atomic E-state index is 12.6. The van der Waals surface area contributed by atoms with Gasteiger partial charge in [0.05, 0.1) is 6.61 Å². The van der Waals surface area contributed by atoms with Gasteiger partial charge in [0, 0.05) is 17.7 Å². The molecule has 1 saturated heterocycles. The lowest BCUT2D eigenvalue weighted by atomic mass is 9.99. The molecular formula is C21H20O12. The molecule has 2 aromatic carbocycles. The third-order valence-electron chi connectivity index (χ3n) is 5.27. The Bertz CT molecular complexity index is 1250. The highest BCUT2D eigenvalue weighted by Gasteiger charge is 2.45. The van der Waals surface area contributed by atoms with Crippen molar-refractivity contribution in [2.45, 2.75) is 30.7 Å². The van der Waals surface area contributed by atoms with E-state index in [1.54, 1.807) is 0 Å². The molecule has 1 aromatic heterocycles. The second-order valence-electron chi connectivity index (χ2n) is 7.44. The Kier molecular flexibility index (Phi) is 5.78. The fourth-order valence-corrected chi connectivity index (χ4v) is 3.48. The summed E-state index contributed by atoms with van der Waals surface area (Å²) < 4.78 is 16.1. The first kappa shape index (κ1) is 22.6. The lowest BCUT2D eigenvalue weighted by molar-refractivity contribution is -0.277. The highest BCUT2D eigenvalue weighted by atomic mass is 16.7. The second-order valence-corrected chi connectivity index (χ2v) is 7.44. The first-order chi connectivity index (χ1) is 15.6. The van der Waals surface area contributed by atoms with Crippen molar-refractivity contribution in [2.75, 3.05) is 6.61 Å². The zero-order valence-corrected chi connectivity index (χ0v) is 16.7. The number of aromatic hydroxyl groups is 4. The average molecular weight is 464 g/mol. The summed E-state index contributed by atoms with van der Waals surface area (Å²) in [6.07, 6.45) is -8.13. The number of fused-ring (bicyclic) bond motifs is 1. The summed E-state index contributed by atoms with van der Waals surface area (Å²) in [5.74, 6) is -2.92. The topological polar surface area (TPSA) is 211 Å². The number of hydrogen-bond donors (Lipinski definition) is 8. The Labute approximate surface area is 184 Å². The molecule has 2 heterocycles. The monoisotopic (exact) mass is 464 g/mol. The van der Waals surface area contributed by atoms with Gasteiger partial charge in [0.1, 0.15) is 41.3 Å². The Morgan fingerprint density at radius 3 is 2.27 bits per heavy atom. The average Bonchev–Trinajstić information content (AvgIpc) is 2.78. The van der Waals surface area contributed by atoms with Crippen molar-refractivity contribution in [2.24, 2.45) is 0 Å². The maximum Gasteiger partial charge on any atom is 0.229 e. The summed E-state index contributed by atoms with van der Waals surface area (Å²) in [6.45, 7) is -0.711. The Balaban J connectivity index is 1.78. The fraction of sp³-hybridized carbons (Fsp3) is 0.286. The lowest BCUT2D eigenvalue weighted by Crippen LogP contribution is -2.60. The number of aliphatic hydroxyl groups excluding tert-OH is 4. The molecule has 2 unspecified atom stereocenters. The van der Waals surface area contributed by atoms with Crippen molar-refractivity contribution < 1.29 is 54.7 Å². The smallest absolute Gasteiger partial charge is 0.229 e. The van der Waals surface area contributed by atoms with Crippen molar-refractivity contribution >= 4 is 11.0 Å². The fourth-order valence-electron chi connectivity index (χ4n) is 3.48. The third-order valence-corrected chi connectivity index (χ3v) is 5.27. The van der Waals surface area contributed by atoms with Gasteiger partial charge in [-0.2, -0.15) is 0 Å². The van der Waals surface area contributed by atoms with Crippen LogP contribution in [0.2, 0.25) is 0 Å². The molecule has 0 saturated carbocycles. The number of aliphatic hydroxyl groups is 4. The lowest BCUT2D eigenvalue weighted by Gasteiger charge is -2.39. The number of hydrogen-bond acceptors (Lipinski definition) is 12. The van der Waals surface area contributed by atoms with Crippen LogP contribution in [0.5, 0.6) is 28.7 Å². The van der Waals surface area contributed by atoms with E-state index in [2.05, 4.69) is 0 Å². The van der Waals surface area contributed by atoms with E-state index in [0.29, 0.717) is 0 Å². The summed E-state index contributed by atoms with van der Waals surface area (Å²) in [7, 11) is 0. The van der Waals surface area contributed by atoms with E-state index in [1.165, 1.54) is 6.07 Å². The number of ether oxygens (including phenoxy) is 2. The molecule has 8 N–H and O–H groups in total. The number of benzene rings is 2. The minimum atomic E-state index is -1.79. The van der Waals surface area contributed by atoms with Gasteiger partial charge in [-0.3, -0.25) is 4.79 Å². The maximum absolute atomic E-state index is 12.6. The van der Waals surface area contributed by atoms with E-state index >= 15 is 0 Å². The molecule has 0 bridgehead atoms. The molecule has 33 heavy (non-hydrogen) atoms. The molecule has 3 aromatic rings. The first-order valence-corrected chi connectivity index (χ1v) is 9.64. The molecule has 176 valence electrons. The van der Waals surface area contributed by atoms with Crippen LogP contribution in [0.4, 0.5) is 0 Å². The summed E-state index contributed by atoms with van der Waals surface area (Å²) in [6, 6.07) is 5.48. The van der Waals surface area contributed by atoms with Crippen LogP contribution >= 0.6 is 0 Å². The van der Waals surface area contributed by atoms with Crippen molar-refractivity contribution in [1.82, 2.24) is 0 Å². The van der Waals surface area contributed by atoms with Gasteiger partial charge in [0.25, 0.3) is 0 Å². The van der Waals surface area contributed by atoms with Crippen LogP contribution < -0.4 is 10.2 Å². The van der Waals surface area contributed by atoms with Crippen LogP contribution in [-0.2, 0) is 4.74 Å². The molecule has 12 nitrogen and oxygen atoms in total. The van der Waals surface area contributed by atoms with Crippen molar-refractivity contribution in [3.8, 4) is 40.1 Å². The highest BCUT2D eigenvalue weighted by molar-refractivity contribution is 5.91. The van der Waals surface area contributed by atoms with Crippen molar-refractivity contribution in [3.63, 3.8) is 0 Å². The van der Waals surface area contributed by atoms with Crippen LogP contribution in [0.1, 0.15) is 0 Å². The molecule has 4 rings (SSSR count). The van der Waals surface area contributed by atoms with E-state index in [4.69, 9.17) is 13.9 Å². The summed E-state index contributed by atoms with van der Waals surface area (Å²) >= 11 is 0. The Hall–Kier alpha value is -3.55. The minimum Gasteiger partial charge on any atom is -0.507 e. The van der Waals surface area contributed by atoms with Gasteiger partial charge in [-0.1, -0.05) is 0 Å². The third kappa shape index (κ3) is 3.90. The molecule has 0 aliphatic carbocycles.